The maximum absolute atomic E-state index is 4.61. The van der Waals surface area contributed by atoms with Crippen molar-refractivity contribution < 1.29 is 0 Å². The van der Waals surface area contributed by atoms with Crippen molar-refractivity contribution in [2.45, 2.75) is 19.9 Å². The van der Waals surface area contributed by atoms with Crippen LogP contribution in [0.2, 0.25) is 0 Å². The van der Waals surface area contributed by atoms with E-state index >= 15 is 0 Å². The van der Waals surface area contributed by atoms with E-state index in [1.807, 2.05) is 25.4 Å². The fourth-order valence-corrected chi connectivity index (χ4v) is 4.33. The van der Waals surface area contributed by atoms with Gasteiger partial charge in [-0.1, -0.05) is 0 Å². The molecule has 1 N–H and O–H groups in total. The van der Waals surface area contributed by atoms with E-state index in [0.717, 1.165) is 32.0 Å². The first-order valence-corrected chi connectivity index (χ1v) is 8.97. The molecular weight excluding hydrogens is 326 g/mol. The summed E-state index contributed by atoms with van der Waals surface area (Å²) in [5, 5.41) is 10.2. The van der Waals surface area contributed by atoms with Gasteiger partial charge >= 0.3 is 0 Å². The van der Waals surface area contributed by atoms with Gasteiger partial charge < -0.3 is 4.57 Å². The van der Waals surface area contributed by atoms with Gasteiger partial charge in [-0.3, -0.25) is 5.10 Å². The highest BCUT2D eigenvalue weighted by atomic mass is 32.1. The van der Waals surface area contributed by atoms with Crippen molar-refractivity contribution in [3.8, 4) is 21.3 Å². The van der Waals surface area contributed by atoms with E-state index in [2.05, 4.69) is 49.2 Å². The maximum atomic E-state index is 4.61. The van der Waals surface area contributed by atoms with Gasteiger partial charge in [0.15, 0.2) is 5.82 Å². The lowest BCUT2D eigenvalue weighted by Crippen LogP contribution is -2.06. The molecule has 23 heavy (non-hydrogen) atoms. The standard InChI is InChI=1S/C16H15N5S2/c1-10-9-22-16(19-10)11(2)21-8-7-17-15(21)14-4-3-13(23-14)12-5-6-18-20-12/h3-9,11H,1-2H3,(H,18,20)/t11-/m1/s1. The zero-order valence-corrected chi connectivity index (χ0v) is 14.4. The van der Waals surface area contributed by atoms with Gasteiger partial charge in [-0.15, -0.1) is 22.7 Å². The summed E-state index contributed by atoms with van der Waals surface area (Å²) in [6, 6.07) is 6.36. The third kappa shape index (κ3) is 2.62. The molecule has 5 nitrogen and oxygen atoms in total. The van der Waals surface area contributed by atoms with Crippen molar-refractivity contribution in [3.63, 3.8) is 0 Å². The van der Waals surface area contributed by atoms with E-state index in [-0.39, 0.29) is 6.04 Å². The lowest BCUT2D eigenvalue weighted by Gasteiger charge is -2.13. The second-order valence-corrected chi connectivity index (χ2v) is 7.27. The molecule has 0 unspecified atom stereocenters. The number of hydrogen-bond donors (Lipinski definition) is 1. The lowest BCUT2D eigenvalue weighted by molar-refractivity contribution is 0.640. The Kier molecular flexibility index (Phi) is 3.59. The van der Waals surface area contributed by atoms with E-state index in [1.54, 1.807) is 28.9 Å². The van der Waals surface area contributed by atoms with Gasteiger partial charge in [-0.2, -0.15) is 5.10 Å². The number of rotatable bonds is 4. The molecule has 0 aliphatic heterocycles. The first kappa shape index (κ1) is 14.3. The summed E-state index contributed by atoms with van der Waals surface area (Å²) in [4.78, 5) is 11.5. The van der Waals surface area contributed by atoms with Gasteiger partial charge in [0.25, 0.3) is 0 Å². The average molecular weight is 341 g/mol. The van der Waals surface area contributed by atoms with Crippen LogP contribution < -0.4 is 0 Å². The smallest absolute Gasteiger partial charge is 0.150 e. The molecule has 0 spiro atoms. The molecule has 1 atom stereocenters. The largest absolute Gasteiger partial charge is 0.321 e. The molecule has 0 amide bonds. The molecule has 4 aromatic rings. The molecule has 116 valence electrons. The zero-order chi connectivity index (χ0) is 15.8. The number of H-pyrrole nitrogens is 1. The second kappa shape index (κ2) is 5.75. The number of aromatic amines is 1. The van der Waals surface area contributed by atoms with Gasteiger partial charge in [0, 0.05) is 29.7 Å². The van der Waals surface area contributed by atoms with Gasteiger partial charge in [0.05, 0.1) is 21.5 Å². The molecule has 4 rings (SSSR count). The van der Waals surface area contributed by atoms with Crippen LogP contribution in [0.5, 0.6) is 0 Å². The Morgan fingerprint density at radius 2 is 2.04 bits per heavy atom. The van der Waals surface area contributed by atoms with Gasteiger partial charge in [0.2, 0.25) is 0 Å². The molecule has 4 heterocycles. The Hall–Kier alpha value is -2.25. The lowest BCUT2D eigenvalue weighted by atomic mass is 10.3. The van der Waals surface area contributed by atoms with E-state index in [4.69, 9.17) is 0 Å². The highest BCUT2D eigenvalue weighted by molar-refractivity contribution is 7.18. The predicted octanol–water partition coefficient (Wildman–Crippen LogP) is 4.38. The highest BCUT2D eigenvalue weighted by Crippen LogP contribution is 2.34. The van der Waals surface area contributed by atoms with Crippen molar-refractivity contribution in [2.75, 3.05) is 0 Å². The van der Waals surface area contributed by atoms with Crippen LogP contribution in [-0.4, -0.2) is 24.7 Å². The monoisotopic (exact) mass is 341 g/mol. The van der Waals surface area contributed by atoms with Crippen molar-refractivity contribution in [1.82, 2.24) is 24.7 Å². The summed E-state index contributed by atoms with van der Waals surface area (Å²) < 4.78 is 2.18. The first-order valence-electron chi connectivity index (χ1n) is 7.27. The van der Waals surface area contributed by atoms with E-state index in [0.29, 0.717) is 0 Å². The summed E-state index contributed by atoms with van der Waals surface area (Å²) in [6.45, 7) is 4.18. The van der Waals surface area contributed by atoms with Crippen LogP contribution in [0.15, 0.2) is 42.2 Å². The molecule has 0 aliphatic carbocycles. The molecule has 0 saturated heterocycles. The molecule has 7 heteroatoms. The van der Waals surface area contributed by atoms with Gasteiger partial charge in [-0.25, -0.2) is 9.97 Å². The third-order valence-corrected chi connectivity index (χ3v) is 5.92. The molecule has 4 aromatic heterocycles. The Balaban J connectivity index is 1.70. The van der Waals surface area contributed by atoms with Crippen LogP contribution in [0.1, 0.15) is 23.7 Å². The van der Waals surface area contributed by atoms with E-state index < -0.39 is 0 Å². The van der Waals surface area contributed by atoms with Crippen LogP contribution >= 0.6 is 22.7 Å². The number of imidazole rings is 1. The molecule has 0 bridgehead atoms. The number of nitrogens with zero attached hydrogens (tertiary/aromatic N) is 4. The Bertz CT molecular complexity index is 916. The third-order valence-electron chi connectivity index (χ3n) is 3.67. The number of hydrogen-bond acceptors (Lipinski definition) is 5. The Morgan fingerprint density at radius 1 is 1.17 bits per heavy atom. The van der Waals surface area contributed by atoms with Crippen LogP contribution in [0, 0.1) is 6.92 Å². The highest BCUT2D eigenvalue weighted by Gasteiger charge is 2.17. The summed E-state index contributed by atoms with van der Waals surface area (Å²) in [5.41, 5.74) is 2.10. The van der Waals surface area contributed by atoms with E-state index in [1.165, 1.54) is 0 Å². The van der Waals surface area contributed by atoms with Crippen LogP contribution in [0.25, 0.3) is 21.3 Å². The first-order chi connectivity index (χ1) is 11.2. The summed E-state index contributed by atoms with van der Waals surface area (Å²) in [7, 11) is 0. The zero-order valence-electron chi connectivity index (χ0n) is 12.7. The predicted molar refractivity (Wildman–Crippen MR) is 93.8 cm³/mol. The molecule has 0 aliphatic rings. The normalized spacial score (nSPS) is 12.6. The quantitative estimate of drug-likeness (QED) is 0.599. The molecule has 0 saturated carbocycles. The fourth-order valence-electron chi connectivity index (χ4n) is 2.50. The van der Waals surface area contributed by atoms with Crippen molar-refractivity contribution in [1.29, 1.82) is 0 Å². The van der Waals surface area contributed by atoms with Crippen LogP contribution in [-0.2, 0) is 0 Å². The summed E-state index contributed by atoms with van der Waals surface area (Å²) >= 11 is 3.40. The van der Waals surface area contributed by atoms with Gasteiger partial charge in [-0.05, 0) is 32.0 Å². The van der Waals surface area contributed by atoms with Crippen molar-refractivity contribution in [3.05, 3.63) is 52.9 Å². The number of nitrogens with one attached hydrogen (secondary N) is 1. The van der Waals surface area contributed by atoms with E-state index in [9.17, 15) is 0 Å². The number of thiophene rings is 1. The SMILES string of the molecule is Cc1csc([C@@H](C)n2ccnc2-c2ccc(-c3ccn[nH]3)s2)n1. The minimum Gasteiger partial charge on any atom is -0.321 e. The number of aromatic nitrogens is 5. The Labute approximate surface area is 141 Å². The molecule has 0 fully saturated rings. The van der Waals surface area contributed by atoms with Crippen LogP contribution in [0.3, 0.4) is 0 Å². The summed E-state index contributed by atoms with van der Waals surface area (Å²) in [6.07, 6.45) is 5.64. The fraction of sp³-hybridized carbons (Fsp3) is 0.188. The maximum Gasteiger partial charge on any atom is 0.150 e. The molecule has 0 aromatic carbocycles. The average Bonchev–Trinajstić information content (AvgIpc) is 3.30. The van der Waals surface area contributed by atoms with Gasteiger partial charge in [0.1, 0.15) is 5.01 Å². The van der Waals surface area contributed by atoms with Crippen molar-refractivity contribution in [2.24, 2.45) is 0 Å². The summed E-state index contributed by atoms with van der Waals surface area (Å²) in [5.74, 6) is 0.973. The van der Waals surface area contributed by atoms with Crippen molar-refractivity contribution >= 4 is 22.7 Å². The topological polar surface area (TPSA) is 59.4 Å². The van der Waals surface area contributed by atoms with Crippen LogP contribution in [0.4, 0.5) is 0 Å². The Morgan fingerprint density at radius 3 is 2.78 bits per heavy atom. The number of thiazole rings is 1. The molecular formula is C16H15N5S2. The minimum absolute atomic E-state index is 0.170. The minimum atomic E-state index is 0.170. The molecule has 0 radical (unpaired) electrons. The number of aryl methyl sites for hydroxylation is 1. The second-order valence-electron chi connectivity index (χ2n) is 5.30.